The Morgan fingerprint density at radius 3 is 2.63 bits per heavy atom. The van der Waals surface area contributed by atoms with Gasteiger partial charge in [-0.15, -0.1) is 12.4 Å². The van der Waals surface area contributed by atoms with Crippen molar-refractivity contribution in [1.82, 2.24) is 10.2 Å². The Labute approximate surface area is 121 Å². The van der Waals surface area contributed by atoms with Crippen molar-refractivity contribution >= 4 is 24.3 Å². The summed E-state index contributed by atoms with van der Waals surface area (Å²) in [5.41, 5.74) is 0. The number of amides is 1. The number of piperidine rings is 1. The number of hydrogen-bond donors (Lipinski definition) is 1. The molecule has 1 saturated heterocycles. The van der Waals surface area contributed by atoms with Gasteiger partial charge in [0.15, 0.2) is 0 Å². The third kappa shape index (κ3) is 5.78. The molecule has 1 heterocycles. The van der Waals surface area contributed by atoms with Crippen molar-refractivity contribution in [3.63, 3.8) is 0 Å². The van der Waals surface area contributed by atoms with E-state index in [2.05, 4.69) is 17.0 Å². The highest BCUT2D eigenvalue weighted by atomic mass is 35.5. The van der Waals surface area contributed by atoms with Gasteiger partial charge < -0.3 is 15.0 Å². The quantitative estimate of drug-likeness (QED) is 0.774. The minimum Gasteiger partial charge on any atom is -0.469 e. The van der Waals surface area contributed by atoms with E-state index >= 15 is 0 Å². The lowest BCUT2D eigenvalue weighted by atomic mass is 9.92. The molecule has 0 spiro atoms. The summed E-state index contributed by atoms with van der Waals surface area (Å²) >= 11 is 0. The molecule has 112 valence electrons. The van der Waals surface area contributed by atoms with Crippen LogP contribution in [0.5, 0.6) is 0 Å². The van der Waals surface area contributed by atoms with E-state index in [4.69, 9.17) is 0 Å². The van der Waals surface area contributed by atoms with E-state index in [-0.39, 0.29) is 36.6 Å². The van der Waals surface area contributed by atoms with Gasteiger partial charge in [0.1, 0.15) is 0 Å². The highest BCUT2D eigenvalue weighted by molar-refractivity contribution is 5.85. The smallest absolute Gasteiger partial charge is 0.307 e. The fourth-order valence-electron chi connectivity index (χ4n) is 2.37. The summed E-state index contributed by atoms with van der Waals surface area (Å²) < 4.78 is 4.60. The standard InChI is InChI=1S/C13H24N2O3.ClH/c1-4-15(8-6-12(16)18-3)13(17)11-5-7-14-10(2)9-11;/h10-11,14H,4-9H2,1-3H3;1H/t10-,11-;/m0./s1. The molecule has 0 radical (unpaired) electrons. The van der Waals surface area contributed by atoms with E-state index in [0.717, 1.165) is 19.4 Å². The zero-order valence-corrected chi connectivity index (χ0v) is 12.8. The van der Waals surface area contributed by atoms with E-state index in [1.54, 1.807) is 4.90 Å². The molecule has 0 aliphatic carbocycles. The molecule has 19 heavy (non-hydrogen) atoms. The van der Waals surface area contributed by atoms with Crippen LogP contribution in [0.2, 0.25) is 0 Å². The fraction of sp³-hybridized carbons (Fsp3) is 0.846. The van der Waals surface area contributed by atoms with Crippen LogP contribution in [-0.2, 0) is 14.3 Å². The number of carbonyl (C=O) groups excluding carboxylic acids is 2. The predicted octanol–water partition coefficient (Wildman–Crippen LogP) is 1.21. The molecule has 1 N–H and O–H groups in total. The van der Waals surface area contributed by atoms with Crippen LogP contribution in [0.3, 0.4) is 0 Å². The maximum atomic E-state index is 12.3. The molecular formula is C13H25ClN2O3. The molecule has 1 aliphatic heterocycles. The van der Waals surface area contributed by atoms with Crippen LogP contribution in [0.4, 0.5) is 0 Å². The monoisotopic (exact) mass is 292 g/mol. The number of nitrogens with zero attached hydrogens (tertiary/aromatic N) is 1. The molecule has 0 bridgehead atoms. The molecule has 0 aromatic heterocycles. The maximum absolute atomic E-state index is 12.3. The van der Waals surface area contributed by atoms with Crippen LogP contribution >= 0.6 is 12.4 Å². The van der Waals surface area contributed by atoms with Gasteiger partial charge in [0.05, 0.1) is 13.5 Å². The molecule has 1 aliphatic rings. The van der Waals surface area contributed by atoms with Gasteiger partial charge in [-0.2, -0.15) is 0 Å². The van der Waals surface area contributed by atoms with E-state index < -0.39 is 0 Å². The lowest BCUT2D eigenvalue weighted by Gasteiger charge is -2.31. The SMILES string of the molecule is CCN(CCC(=O)OC)C(=O)[C@H]1CCN[C@@H](C)C1.Cl. The van der Waals surface area contributed by atoms with Gasteiger partial charge in [0.25, 0.3) is 0 Å². The largest absolute Gasteiger partial charge is 0.469 e. The molecule has 0 unspecified atom stereocenters. The number of rotatable bonds is 5. The summed E-state index contributed by atoms with van der Waals surface area (Å²) in [6.07, 6.45) is 2.04. The normalized spacial score (nSPS) is 22.3. The zero-order chi connectivity index (χ0) is 13.5. The fourth-order valence-corrected chi connectivity index (χ4v) is 2.37. The Morgan fingerprint density at radius 1 is 1.42 bits per heavy atom. The predicted molar refractivity (Wildman–Crippen MR) is 76.3 cm³/mol. The van der Waals surface area contributed by atoms with Gasteiger partial charge in [-0.05, 0) is 33.2 Å². The number of carbonyl (C=O) groups is 2. The third-order valence-corrected chi connectivity index (χ3v) is 3.48. The summed E-state index contributed by atoms with van der Waals surface area (Å²) in [6.45, 7) is 6.05. The van der Waals surface area contributed by atoms with Crippen LogP contribution < -0.4 is 5.32 Å². The molecule has 0 saturated carbocycles. The van der Waals surface area contributed by atoms with Crippen molar-refractivity contribution in [3.05, 3.63) is 0 Å². The van der Waals surface area contributed by atoms with Gasteiger partial charge in [-0.1, -0.05) is 0 Å². The average Bonchev–Trinajstić information content (AvgIpc) is 2.38. The molecule has 2 atom stereocenters. The van der Waals surface area contributed by atoms with Crippen LogP contribution in [0, 0.1) is 5.92 Å². The average molecular weight is 293 g/mol. The number of methoxy groups -OCH3 is 1. The van der Waals surface area contributed by atoms with Crippen molar-refractivity contribution < 1.29 is 14.3 Å². The summed E-state index contributed by atoms with van der Waals surface area (Å²) in [5.74, 6) is 0.00790. The van der Waals surface area contributed by atoms with Gasteiger partial charge in [0.2, 0.25) is 5.91 Å². The van der Waals surface area contributed by atoms with Crippen molar-refractivity contribution in [1.29, 1.82) is 0 Å². The van der Waals surface area contributed by atoms with Gasteiger partial charge in [-0.3, -0.25) is 9.59 Å². The van der Waals surface area contributed by atoms with Crippen molar-refractivity contribution in [2.45, 2.75) is 39.2 Å². The van der Waals surface area contributed by atoms with Crippen LogP contribution in [0.15, 0.2) is 0 Å². The van der Waals surface area contributed by atoms with Crippen LogP contribution in [0.25, 0.3) is 0 Å². The van der Waals surface area contributed by atoms with Crippen molar-refractivity contribution in [2.24, 2.45) is 5.92 Å². The molecule has 1 amide bonds. The first-order chi connectivity index (χ1) is 8.58. The Hall–Kier alpha value is -0.810. The second-order valence-corrected chi connectivity index (χ2v) is 4.82. The Bertz CT molecular complexity index is 300. The summed E-state index contributed by atoms with van der Waals surface area (Å²) in [5, 5.41) is 3.34. The molecule has 0 aromatic rings. The van der Waals surface area contributed by atoms with Gasteiger partial charge in [-0.25, -0.2) is 0 Å². The van der Waals surface area contributed by atoms with E-state index in [0.29, 0.717) is 19.1 Å². The summed E-state index contributed by atoms with van der Waals surface area (Å²) in [6, 6.07) is 0.395. The maximum Gasteiger partial charge on any atom is 0.307 e. The summed E-state index contributed by atoms with van der Waals surface area (Å²) in [4.78, 5) is 25.2. The first kappa shape index (κ1) is 18.2. The van der Waals surface area contributed by atoms with Gasteiger partial charge >= 0.3 is 5.97 Å². The molecule has 1 rings (SSSR count). The van der Waals surface area contributed by atoms with E-state index in [1.165, 1.54) is 7.11 Å². The van der Waals surface area contributed by atoms with Crippen molar-refractivity contribution in [3.8, 4) is 0 Å². The van der Waals surface area contributed by atoms with Crippen molar-refractivity contribution in [2.75, 3.05) is 26.7 Å². The lowest BCUT2D eigenvalue weighted by Crippen LogP contribution is -2.44. The Kier molecular flexibility index (Phi) is 8.76. The molecule has 6 heteroatoms. The first-order valence-corrected chi connectivity index (χ1v) is 6.67. The van der Waals surface area contributed by atoms with Gasteiger partial charge in [0, 0.05) is 25.0 Å². The molecular weight excluding hydrogens is 268 g/mol. The van der Waals surface area contributed by atoms with E-state index in [1.807, 2.05) is 6.92 Å². The number of ether oxygens (including phenoxy) is 1. The molecule has 1 fully saturated rings. The number of halogens is 1. The lowest BCUT2D eigenvalue weighted by molar-refractivity contribution is -0.142. The number of esters is 1. The number of nitrogens with one attached hydrogen (secondary N) is 1. The molecule has 0 aromatic carbocycles. The molecule has 5 nitrogen and oxygen atoms in total. The highest BCUT2D eigenvalue weighted by Gasteiger charge is 2.28. The van der Waals surface area contributed by atoms with Crippen LogP contribution in [-0.4, -0.2) is 49.6 Å². The third-order valence-electron chi connectivity index (χ3n) is 3.48. The minimum atomic E-state index is -0.264. The van der Waals surface area contributed by atoms with Crippen LogP contribution in [0.1, 0.15) is 33.1 Å². The zero-order valence-electron chi connectivity index (χ0n) is 12.0. The van der Waals surface area contributed by atoms with E-state index in [9.17, 15) is 9.59 Å². The topological polar surface area (TPSA) is 58.6 Å². The summed E-state index contributed by atoms with van der Waals surface area (Å²) in [7, 11) is 1.37. The Balaban J connectivity index is 0.00000324. The second-order valence-electron chi connectivity index (χ2n) is 4.82. The second kappa shape index (κ2) is 9.15. The minimum absolute atomic E-state index is 0. The number of hydrogen-bond acceptors (Lipinski definition) is 4. The Morgan fingerprint density at radius 2 is 2.11 bits per heavy atom. The highest BCUT2D eigenvalue weighted by Crippen LogP contribution is 2.18. The first-order valence-electron chi connectivity index (χ1n) is 6.67.